The second-order valence-electron chi connectivity index (χ2n) is 4.78. The van der Waals surface area contributed by atoms with Crippen LogP contribution in [0.3, 0.4) is 0 Å². The second kappa shape index (κ2) is 7.04. The van der Waals surface area contributed by atoms with Crippen LogP contribution in [0.1, 0.15) is 27.0 Å². The Hall–Kier alpha value is -2.14. The molecule has 0 unspecified atom stereocenters. The molecule has 0 aliphatic carbocycles. The number of benzene rings is 1. The summed E-state index contributed by atoms with van der Waals surface area (Å²) < 4.78 is 4.94. The van der Waals surface area contributed by atoms with E-state index in [2.05, 4.69) is 5.32 Å². The molecule has 1 amide bonds. The standard InChI is InChI=1S/C16H17NO3S/c1-11-3-4-13(7-12(11)2)8-17-15(18)9-20-16(19)14-5-6-21-10-14/h3-7,10H,8-9H2,1-2H3,(H,17,18). The molecule has 2 rings (SSSR count). The van der Waals surface area contributed by atoms with Gasteiger partial charge in [0.05, 0.1) is 5.56 Å². The summed E-state index contributed by atoms with van der Waals surface area (Å²) in [5.74, 6) is -0.783. The van der Waals surface area contributed by atoms with E-state index < -0.39 is 5.97 Å². The molecule has 0 atom stereocenters. The van der Waals surface area contributed by atoms with Gasteiger partial charge in [-0.25, -0.2) is 4.79 Å². The van der Waals surface area contributed by atoms with Gasteiger partial charge in [-0.05, 0) is 42.0 Å². The van der Waals surface area contributed by atoms with Gasteiger partial charge in [0.1, 0.15) is 0 Å². The van der Waals surface area contributed by atoms with Crippen molar-refractivity contribution in [3.05, 3.63) is 57.3 Å². The Kier molecular flexibility index (Phi) is 5.11. The van der Waals surface area contributed by atoms with Gasteiger partial charge in [-0.3, -0.25) is 4.79 Å². The highest BCUT2D eigenvalue weighted by Gasteiger charge is 2.10. The summed E-state index contributed by atoms with van der Waals surface area (Å²) in [7, 11) is 0. The highest BCUT2D eigenvalue weighted by Crippen LogP contribution is 2.09. The number of hydrogen-bond acceptors (Lipinski definition) is 4. The van der Waals surface area contributed by atoms with Crippen molar-refractivity contribution in [2.24, 2.45) is 0 Å². The van der Waals surface area contributed by atoms with Gasteiger partial charge in [0.15, 0.2) is 6.61 Å². The molecule has 110 valence electrons. The number of carbonyl (C=O) groups excluding carboxylic acids is 2. The van der Waals surface area contributed by atoms with Gasteiger partial charge in [0.2, 0.25) is 0 Å². The summed E-state index contributed by atoms with van der Waals surface area (Å²) in [5, 5.41) is 6.21. The molecule has 0 saturated carbocycles. The minimum absolute atomic E-state index is 0.264. The first kappa shape index (κ1) is 15.3. The minimum atomic E-state index is -0.474. The average molecular weight is 303 g/mol. The van der Waals surface area contributed by atoms with Crippen molar-refractivity contribution in [2.75, 3.05) is 6.61 Å². The summed E-state index contributed by atoms with van der Waals surface area (Å²) in [6, 6.07) is 7.69. The topological polar surface area (TPSA) is 55.4 Å². The number of hydrogen-bond donors (Lipinski definition) is 1. The number of carbonyl (C=O) groups is 2. The molecule has 0 aliphatic heterocycles. The van der Waals surface area contributed by atoms with Crippen LogP contribution >= 0.6 is 11.3 Å². The Morgan fingerprint density at radius 1 is 1.19 bits per heavy atom. The van der Waals surface area contributed by atoms with E-state index in [9.17, 15) is 9.59 Å². The first-order valence-electron chi connectivity index (χ1n) is 6.58. The van der Waals surface area contributed by atoms with Gasteiger partial charge < -0.3 is 10.1 Å². The maximum Gasteiger partial charge on any atom is 0.339 e. The van der Waals surface area contributed by atoms with E-state index in [1.807, 2.05) is 32.0 Å². The highest BCUT2D eigenvalue weighted by molar-refractivity contribution is 7.08. The van der Waals surface area contributed by atoms with Gasteiger partial charge in [0, 0.05) is 11.9 Å². The van der Waals surface area contributed by atoms with E-state index in [1.165, 1.54) is 22.5 Å². The molecule has 4 nitrogen and oxygen atoms in total. The van der Waals surface area contributed by atoms with E-state index in [-0.39, 0.29) is 12.5 Å². The van der Waals surface area contributed by atoms with Crippen LogP contribution in [0.2, 0.25) is 0 Å². The number of ether oxygens (including phenoxy) is 1. The fraction of sp³-hybridized carbons (Fsp3) is 0.250. The minimum Gasteiger partial charge on any atom is -0.452 e. The van der Waals surface area contributed by atoms with Crippen LogP contribution in [0, 0.1) is 13.8 Å². The fourth-order valence-corrected chi connectivity index (χ4v) is 2.39. The number of amides is 1. The molecule has 0 radical (unpaired) electrons. The van der Waals surface area contributed by atoms with Crippen LogP contribution in [0.25, 0.3) is 0 Å². The lowest BCUT2D eigenvalue weighted by molar-refractivity contribution is -0.124. The summed E-state index contributed by atoms with van der Waals surface area (Å²) >= 11 is 1.41. The lowest BCUT2D eigenvalue weighted by Crippen LogP contribution is -2.28. The number of aryl methyl sites for hydroxylation is 2. The molecule has 1 aromatic carbocycles. The maximum absolute atomic E-state index is 11.7. The fourth-order valence-electron chi connectivity index (χ4n) is 1.76. The average Bonchev–Trinajstić information content (AvgIpc) is 3.00. The van der Waals surface area contributed by atoms with Crippen molar-refractivity contribution in [1.29, 1.82) is 0 Å². The normalized spacial score (nSPS) is 10.2. The molecule has 0 saturated heterocycles. The smallest absolute Gasteiger partial charge is 0.339 e. The van der Waals surface area contributed by atoms with Crippen molar-refractivity contribution < 1.29 is 14.3 Å². The lowest BCUT2D eigenvalue weighted by atomic mass is 10.1. The van der Waals surface area contributed by atoms with Crippen LogP contribution in [0.5, 0.6) is 0 Å². The monoisotopic (exact) mass is 303 g/mol. The molecule has 0 aliphatic rings. The molecular weight excluding hydrogens is 286 g/mol. The Morgan fingerprint density at radius 3 is 2.67 bits per heavy atom. The Labute approximate surface area is 127 Å². The summed E-state index contributed by atoms with van der Waals surface area (Å²) in [5.41, 5.74) is 3.90. The van der Waals surface area contributed by atoms with Crippen LogP contribution in [0.4, 0.5) is 0 Å². The third-order valence-electron chi connectivity index (χ3n) is 3.15. The van der Waals surface area contributed by atoms with Crippen molar-refractivity contribution >= 4 is 23.2 Å². The molecule has 0 bridgehead atoms. The quantitative estimate of drug-likeness (QED) is 0.864. The number of nitrogens with one attached hydrogen (secondary N) is 1. The van der Waals surface area contributed by atoms with Crippen molar-refractivity contribution in [1.82, 2.24) is 5.32 Å². The van der Waals surface area contributed by atoms with E-state index >= 15 is 0 Å². The molecule has 1 N–H and O–H groups in total. The second-order valence-corrected chi connectivity index (χ2v) is 5.56. The first-order valence-corrected chi connectivity index (χ1v) is 7.52. The SMILES string of the molecule is Cc1ccc(CNC(=O)COC(=O)c2ccsc2)cc1C. The zero-order chi connectivity index (χ0) is 15.2. The molecule has 2 aromatic rings. The molecule has 5 heteroatoms. The highest BCUT2D eigenvalue weighted by atomic mass is 32.1. The number of thiophene rings is 1. The molecule has 0 fully saturated rings. The predicted molar refractivity (Wildman–Crippen MR) is 82.4 cm³/mol. The van der Waals surface area contributed by atoms with Gasteiger partial charge >= 0.3 is 5.97 Å². The third-order valence-corrected chi connectivity index (χ3v) is 3.84. The molecule has 1 aromatic heterocycles. The van der Waals surface area contributed by atoms with Crippen LogP contribution < -0.4 is 5.32 Å². The van der Waals surface area contributed by atoms with Crippen molar-refractivity contribution in [3.8, 4) is 0 Å². The zero-order valence-electron chi connectivity index (χ0n) is 12.0. The molecular formula is C16H17NO3S. The van der Waals surface area contributed by atoms with Gasteiger partial charge in [-0.2, -0.15) is 11.3 Å². The number of rotatable bonds is 5. The van der Waals surface area contributed by atoms with Crippen LogP contribution in [-0.4, -0.2) is 18.5 Å². The Balaban J connectivity index is 1.77. The summed E-state index contributed by atoms with van der Waals surface area (Å²) in [6.45, 7) is 4.24. The van der Waals surface area contributed by atoms with E-state index in [4.69, 9.17) is 4.74 Å². The summed E-state index contributed by atoms with van der Waals surface area (Å²) in [6.07, 6.45) is 0. The predicted octanol–water partition coefficient (Wildman–Crippen LogP) is 2.84. The molecule has 1 heterocycles. The Morgan fingerprint density at radius 2 is 2.00 bits per heavy atom. The lowest BCUT2D eigenvalue weighted by Gasteiger charge is -2.08. The van der Waals surface area contributed by atoms with Crippen LogP contribution in [-0.2, 0) is 16.1 Å². The van der Waals surface area contributed by atoms with Crippen molar-refractivity contribution in [2.45, 2.75) is 20.4 Å². The van der Waals surface area contributed by atoms with Gasteiger partial charge in [-0.15, -0.1) is 0 Å². The van der Waals surface area contributed by atoms with Gasteiger partial charge in [-0.1, -0.05) is 18.2 Å². The summed E-state index contributed by atoms with van der Waals surface area (Å²) in [4.78, 5) is 23.2. The maximum atomic E-state index is 11.7. The van der Waals surface area contributed by atoms with Crippen molar-refractivity contribution in [3.63, 3.8) is 0 Å². The van der Waals surface area contributed by atoms with E-state index in [1.54, 1.807) is 16.8 Å². The molecule has 21 heavy (non-hydrogen) atoms. The largest absolute Gasteiger partial charge is 0.452 e. The van der Waals surface area contributed by atoms with E-state index in [0.29, 0.717) is 12.1 Å². The third kappa shape index (κ3) is 4.43. The Bertz CT molecular complexity index is 635. The zero-order valence-corrected chi connectivity index (χ0v) is 12.8. The van der Waals surface area contributed by atoms with E-state index in [0.717, 1.165) is 5.56 Å². The van der Waals surface area contributed by atoms with Crippen LogP contribution in [0.15, 0.2) is 35.0 Å². The van der Waals surface area contributed by atoms with Gasteiger partial charge in [0.25, 0.3) is 5.91 Å². The number of esters is 1. The first-order chi connectivity index (χ1) is 10.1. The molecule has 0 spiro atoms.